The lowest BCUT2D eigenvalue weighted by molar-refractivity contribution is -0.139. The number of aliphatic carboxylic acids is 1. The van der Waals surface area contributed by atoms with Gasteiger partial charge in [-0.05, 0) is 90.0 Å². The number of halogens is 1. The Morgan fingerprint density at radius 2 is 1.84 bits per heavy atom. The number of carbonyl (C=O) groups is 2. The fraction of sp³-hybridized carbons (Fsp3) is 0.188. The number of para-hydroxylation sites is 1. The molecule has 0 saturated heterocycles. The Balaban J connectivity index is 1.62. The molecule has 1 atom stereocenters. The maximum Gasteiger partial charge on any atom is 0.341 e. The van der Waals surface area contributed by atoms with Crippen LogP contribution in [-0.4, -0.2) is 41.9 Å². The van der Waals surface area contributed by atoms with Crippen LogP contribution < -0.4 is 34.4 Å². The summed E-state index contributed by atoms with van der Waals surface area (Å²) in [6.45, 7) is 3.66. The average molecular weight is 726 g/mol. The van der Waals surface area contributed by atoms with Gasteiger partial charge in [0.15, 0.2) is 22.9 Å². The van der Waals surface area contributed by atoms with Crippen LogP contribution in [0.15, 0.2) is 87.8 Å². The molecule has 3 aromatic carbocycles. The molecule has 1 aliphatic heterocycles. The van der Waals surface area contributed by atoms with E-state index in [-0.39, 0.29) is 11.5 Å². The summed E-state index contributed by atoms with van der Waals surface area (Å²) in [6, 6.07) is 19.2. The smallest absolute Gasteiger partial charge is 0.341 e. The number of nitrogens with zero attached hydrogens (tertiary/aromatic N) is 2. The summed E-state index contributed by atoms with van der Waals surface area (Å²) in [4.78, 5) is 44.0. The van der Waals surface area contributed by atoms with Crippen LogP contribution in [0.2, 0.25) is 0 Å². The van der Waals surface area contributed by atoms with E-state index in [0.29, 0.717) is 59.3 Å². The third-order valence-electron chi connectivity index (χ3n) is 6.69. The third kappa shape index (κ3) is 6.55. The van der Waals surface area contributed by atoms with Crippen LogP contribution in [0.3, 0.4) is 0 Å². The first kappa shape index (κ1) is 31.0. The topological polar surface area (TPSA) is 128 Å². The molecular weight excluding hydrogens is 697 g/mol. The molecule has 0 saturated carbocycles. The molecule has 10 nitrogen and oxygen atoms in total. The molecular formula is C32H28IN3O7S. The number of hydrogen-bond acceptors (Lipinski definition) is 8. The number of carboxylic acids is 1. The minimum Gasteiger partial charge on any atom is -0.494 e. The molecule has 1 aromatic heterocycles. The minimum absolute atomic E-state index is 0.300. The van der Waals surface area contributed by atoms with Crippen molar-refractivity contribution in [3.8, 4) is 17.2 Å². The van der Waals surface area contributed by atoms with Crippen molar-refractivity contribution in [3.05, 3.63) is 112 Å². The normalized spacial score (nSPS) is 14.5. The molecule has 44 heavy (non-hydrogen) atoms. The third-order valence-corrected chi connectivity index (χ3v) is 8.48. The molecule has 4 aromatic rings. The average Bonchev–Trinajstić information content (AvgIpc) is 3.30. The van der Waals surface area contributed by atoms with Gasteiger partial charge in [0.05, 0.1) is 39.1 Å². The van der Waals surface area contributed by atoms with Gasteiger partial charge in [0.1, 0.15) is 5.75 Å². The van der Waals surface area contributed by atoms with Crippen molar-refractivity contribution >= 4 is 57.6 Å². The van der Waals surface area contributed by atoms with Crippen molar-refractivity contribution in [1.29, 1.82) is 0 Å². The molecule has 0 unspecified atom stereocenters. The van der Waals surface area contributed by atoms with Gasteiger partial charge in [-0.2, -0.15) is 0 Å². The largest absolute Gasteiger partial charge is 0.494 e. The first-order chi connectivity index (χ1) is 21.2. The van der Waals surface area contributed by atoms with Crippen LogP contribution in [0.25, 0.3) is 6.08 Å². The maximum atomic E-state index is 14.1. The molecule has 2 heterocycles. The number of methoxy groups -OCH3 is 1. The highest BCUT2D eigenvalue weighted by atomic mass is 127. The van der Waals surface area contributed by atoms with Crippen LogP contribution in [0.4, 0.5) is 5.69 Å². The molecule has 0 aliphatic carbocycles. The van der Waals surface area contributed by atoms with Gasteiger partial charge in [0, 0.05) is 5.69 Å². The number of nitrogens with one attached hydrogen (secondary N) is 1. The van der Waals surface area contributed by atoms with Crippen molar-refractivity contribution in [2.45, 2.75) is 19.9 Å². The zero-order chi connectivity index (χ0) is 31.4. The highest BCUT2D eigenvalue weighted by molar-refractivity contribution is 14.1. The minimum atomic E-state index is -1.11. The molecule has 1 amide bonds. The second-order valence-electron chi connectivity index (χ2n) is 9.62. The fourth-order valence-corrected chi connectivity index (χ4v) is 6.64. The van der Waals surface area contributed by atoms with Crippen LogP contribution in [0, 0.1) is 3.57 Å². The van der Waals surface area contributed by atoms with E-state index in [0.717, 1.165) is 5.56 Å². The summed E-state index contributed by atoms with van der Waals surface area (Å²) >= 11 is 3.24. The van der Waals surface area contributed by atoms with E-state index < -0.39 is 18.6 Å². The Bertz CT molecular complexity index is 1930. The Morgan fingerprint density at radius 3 is 2.50 bits per heavy atom. The number of anilines is 1. The summed E-state index contributed by atoms with van der Waals surface area (Å²) in [7, 11) is 1.46. The van der Waals surface area contributed by atoms with E-state index in [1.54, 1.807) is 41.8 Å². The van der Waals surface area contributed by atoms with Crippen molar-refractivity contribution < 1.29 is 28.9 Å². The summed E-state index contributed by atoms with van der Waals surface area (Å²) in [5, 5.41) is 12.0. The molecule has 0 bridgehead atoms. The second-order valence-corrected chi connectivity index (χ2v) is 11.8. The Labute approximate surface area is 270 Å². The van der Waals surface area contributed by atoms with Crippen molar-refractivity contribution in [2.24, 2.45) is 4.99 Å². The molecule has 0 fully saturated rings. The first-order valence-corrected chi connectivity index (χ1v) is 15.4. The van der Waals surface area contributed by atoms with Gasteiger partial charge in [-0.15, -0.1) is 0 Å². The van der Waals surface area contributed by atoms with Crippen LogP contribution in [0.5, 0.6) is 17.2 Å². The van der Waals surface area contributed by atoms with Crippen LogP contribution in [0.1, 0.15) is 31.0 Å². The van der Waals surface area contributed by atoms with Crippen molar-refractivity contribution in [1.82, 2.24) is 4.57 Å². The highest BCUT2D eigenvalue weighted by Gasteiger charge is 2.32. The molecule has 0 radical (unpaired) electrons. The number of rotatable bonds is 10. The quantitative estimate of drug-likeness (QED) is 0.233. The molecule has 0 spiro atoms. The van der Waals surface area contributed by atoms with E-state index in [1.807, 2.05) is 72.0 Å². The molecule has 5 rings (SSSR count). The molecule has 1 aliphatic rings. The van der Waals surface area contributed by atoms with Crippen molar-refractivity contribution in [3.63, 3.8) is 0 Å². The maximum absolute atomic E-state index is 14.1. The van der Waals surface area contributed by atoms with Gasteiger partial charge in [0.2, 0.25) is 0 Å². The Morgan fingerprint density at radius 1 is 1.11 bits per heavy atom. The lowest BCUT2D eigenvalue weighted by Crippen LogP contribution is -2.40. The number of thiazole rings is 1. The van der Waals surface area contributed by atoms with Gasteiger partial charge < -0.3 is 24.6 Å². The van der Waals surface area contributed by atoms with E-state index in [4.69, 9.17) is 24.3 Å². The number of carboxylic acid groups (broad SMARTS) is 1. The Kier molecular flexibility index (Phi) is 9.49. The Hall–Kier alpha value is -4.43. The van der Waals surface area contributed by atoms with Gasteiger partial charge in [-0.1, -0.05) is 41.7 Å². The zero-order valence-electron chi connectivity index (χ0n) is 24.0. The fourth-order valence-electron chi connectivity index (χ4n) is 4.81. The van der Waals surface area contributed by atoms with Gasteiger partial charge in [-0.25, -0.2) is 9.79 Å². The van der Waals surface area contributed by atoms with E-state index in [1.165, 1.54) is 18.4 Å². The molecule has 226 valence electrons. The number of ether oxygens (including phenoxy) is 3. The number of amides is 1. The predicted octanol–water partition coefficient (Wildman–Crippen LogP) is 4.35. The number of hydrogen-bond donors (Lipinski definition) is 2. The highest BCUT2D eigenvalue weighted by Crippen LogP contribution is 2.35. The van der Waals surface area contributed by atoms with Gasteiger partial charge in [0.25, 0.3) is 11.5 Å². The van der Waals surface area contributed by atoms with Crippen LogP contribution in [-0.2, 0) is 9.59 Å². The summed E-state index contributed by atoms with van der Waals surface area (Å²) in [5.74, 6) is -0.155. The number of allylic oxidation sites excluding steroid dienone is 1. The number of aromatic nitrogens is 1. The summed E-state index contributed by atoms with van der Waals surface area (Å²) < 4.78 is 19.0. The number of fused-ring (bicyclic) bond motifs is 1. The number of benzene rings is 3. The zero-order valence-corrected chi connectivity index (χ0v) is 27.0. The van der Waals surface area contributed by atoms with E-state index in [9.17, 15) is 14.4 Å². The second kappa shape index (κ2) is 13.5. The lowest BCUT2D eigenvalue weighted by Gasteiger charge is -2.25. The van der Waals surface area contributed by atoms with E-state index in [2.05, 4.69) is 5.32 Å². The predicted molar refractivity (Wildman–Crippen MR) is 175 cm³/mol. The van der Waals surface area contributed by atoms with Crippen LogP contribution >= 0.6 is 33.9 Å². The van der Waals surface area contributed by atoms with Crippen molar-refractivity contribution in [2.75, 3.05) is 25.6 Å². The van der Waals surface area contributed by atoms with Gasteiger partial charge in [-0.3, -0.25) is 14.2 Å². The number of carbonyl (C=O) groups excluding carboxylic acids is 1. The first-order valence-electron chi connectivity index (χ1n) is 13.5. The SMILES string of the molecule is CCOc1ccc([C@@H]2C(C(=O)Nc3ccccc3)=C(C)N=c3s/c(=C\c4cc(I)c(OCC(=O)O)c(OC)c4)c(=O)n32)cc1. The summed E-state index contributed by atoms with van der Waals surface area (Å²) in [6.07, 6.45) is 1.72. The van der Waals surface area contributed by atoms with E-state index >= 15 is 0 Å². The standard InChI is InChI=1S/C32H28IN3O7S/c1-4-42-22-12-10-20(11-13-22)28-27(30(39)35-21-8-6-5-7-9-21)18(2)34-32-36(28)31(40)25(44-32)16-19-14-23(33)29(24(15-19)41-3)43-17-26(37)38/h5-16,28H,4,17H2,1-3H3,(H,35,39)(H,37,38)/b25-16-/t28-/m1/s1. The molecule has 12 heteroatoms. The monoisotopic (exact) mass is 725 g/mol. The summed E-state index contributed by atoms with van der Waals surface area (Å²) in [5.41, 5.74) is 2.54. The van der Waals surface area contributed by atoms with Gasteiger partial charge >= 0.3 is 5.97 Å². The molecule has 2 N–H and O–H groups in total. The lowest BCUT2D eigenvalue weighted by atomic mass is 9.95.